The number of nitrogens with zero attached hydrogens (tertiary/aromatic N) is 1. The summed E-state index contributed by atoms with van der Waals surface area (Å²) in [6, 6.07) is 7.53. The van der Waals surface area contributed by atoms with Gasteiger partial charge in [-0.2, -0.15) is 18.4 Å². The van der Waals surface area contributed by atoms with E-state index in [9.17, 15) is 13.2 Å². The Kier molecular flexibility index (Phi) is 7.97. The first-order chi connectivity index (χ1) is 12.5. The summed E-state index contributed by atoms with van der Waals surface area (Å²) in [6.45, 7) is 0. The van der Waals surface area contributed by atoms with E-state index in [2.05, 4.69) is 6.08 Å². The predicted molar refractivity (Wildman–Crippen MR) is 98.3 cm³/mol. The molecule has 0 radical (unpaired) electrons. The van der Waals surface area contributed by atoms with Crippen molar-refractivity contribution in [1.29, 1.82) is 5.26 Å². The Morgan fingerprint density at radius 3 is 2.31 bits per heavy atom. The molecule has 2 rings (SSSR count). The fourth-order valence-corrected chi connectivity index (χ4v) is 3.61. The third-order valence-electron chi connectivity index (χ3n) is 5.17. The Balaban J connectivity index is 1.62. The van der Waals surface area contributed by atoms with Gasteiger partial charge in [0, 0.05) is 6.08 Å². The van der Waals surface area contributed by atoms with Crippen molar-refractivity contribution in [2.24, 2.45) is 11.8 Å². The lowest BCUT2D eigenvalue weighted by Crippen LogP contribution is -2.13. The Morgan fingerprint density at radius 1 is 1.00 bits per heavy atom. The molecule has 0 atom stereocenters. The van der Waals surface area contributed by atoms with Crippen LogP contribution in [0.1, 0.15) is 56.1 Å². The lowest BCUT2D eigenvalue weighted by molar-refractivity contribution is -0.137. The SMILES string of the molecule is N#C/C=C/C=C/C1CCC(CCCCc2ccc(C(F)(F)F)cc2)CC1. The van der Waals surface area contributed by atoms with Gasteiger partial charge in [-0.05, 0) is 68.1 Å². The fraction of sp³-hybridized carbons (Fsp3) is 0.500. The van der Waals surface area contributed by atoms with E-state index in [1.165, 1.54) is 50.3 Å². The van der Waals surface area contributed by atoms with Gasteiger partial charge >= 0.3 is 6.18 Å². The average Bonchev–Trinajstić information content (AvgIpc) is 2.63. The molecule has 1 aromatic rings. The van der Waals surface area contributed by atoms with Crippen LogP contribution in [0.25, 0.3) is 0 Å². The molecule has 26 heavy (non-hydrogen) atoms. The second kappa shape index (κ2) is 10.2. The molecule has 0 heterocycles. The molecule has 140 valence electrons. The van der Waals surface area contributed by atoms with Crippen LogP contribution >= 0.6 is 0 Å². The Labute approximate surface area is 154 Å². The van der Waals surface area contributed by atoms with Crippen molar-refractivity contribution < 1.29 is 13.2 Å². The quantitative estimate of drug-likeness (QED) is 0.296. The molecule has 1 aliphatic rings. The van der Waals surface area contributed by atoms with Crippen molar-refractivity contribution in [3.05, 3.63) is 59.7 Å². The summed E-state index contributed by atoms with van der Waals surface area (Å²) in [5.74, 6) is 1.41. The summed E-state index contributed by atoms with van der Waals surface area (Å²) in [4.78, 5) is 0. The number of alkyl halides is 3. The van der Waals surface area contributed by atoms with Crippen LogP contribution in [-0.4, -0.2) is 0 Å². The number of halogens is 3. The highest BCUT2D eigenvalue weighted by Crippen LogP contribution is 2.33. The molecular formula is C22H26F3N. The number of allylic oxidation sites excluding steroid dienone is 4. The van der Waals surface area contributed by atoms with Crippen LogP contribution < -0.4 is 0 Å². The normalized spacial score (nSPS) is 21.3. The number of aryl methyl sites for hydroxylation is 1. The van der Waals surface area contributed by atoms with Crippen molar-refractivity contribution in [3.63, 3.8) is 0 Å². The van der Waals surface area contributed by atoms with Gasteiger partial charge in [0.15, 0.2) is 0 Å². The minimum atomic E-state index is -4.25. The topological polar surface area (TPSA) is 23.8 Å². The van der Waals surface area contributed by atoms with Crippen LogP contribution in [0.3, 0.4) is 0 Å². The van der Waals surface area contributed by atoms with Crippen molar-refractivity contribution in [1.82, 2.24) is 0 Å². The Hall–Kier alpha value is -2.02. The number of hydrogen-bond donors (Lipinski definition) is 0. The summed E-state index contributed by atoms with van der Waals surface area (Å²) in [5, 5.41) is 8.44. The van der Waals surface area contributed by atoms with Gasteiger partial charge in [-0.1, -0.05) is 43.2 Å². The predicted octanol–water partition coefficient (Wildman–Crippen LogP) is 6.86. The Morgan fingerprint density at radius 2 is 1.69 bits per heavy atom. The van der Waals surface area contributed by atoms with Crippen molar-refractivity contribution in [2.45, 2.75) is 57.5 Å². The molecule has 0 aliphatic heterocycles. The summed E-state index contributed by atoms with van der Waals surface area (Å²) in [7, 11) is 0. The zero-order valence-electron chi connectivity index (χ0n) is 15.0. The van der Waals surface area contributed by atoms with E-state index in [1.807, 2.05) is 12.1 Å². The van der Waals surface area contributed by atoms with E-state index in [-0.39, 0.29) is 0 Å². The maximum Gasteiger partial charge on any atom is 0.416 e. The van der Waals surface area contributed by atoms with Gasteiger partial charge in [0.25, 0.3) is 0 Å². The smallest absolute Gasteiger partial charge is 0.193 e. The number of rotatable bonds is 7. The molecule has 0 N–H and O–H groups in total. The molecule has 4 heteroatoms. The molecular weight excluding hydrogens is 335 g/mol. The molecule has 0 spiro atoms. The highest BCUT2D eigenvalue weighted by molar-refractivity contribution is 5.24. The zero-order chi connectivity index (χ0) is 18.8. The van der Waals surface area contributed by atoms with Crippen LogP contribution in [0.5, 0.6) is 0 Å². The van der Waals surface area contributed by atoms with Crippen LogP contribution in [0.4, 0.5) is 13.2 Å². The molecule has 0 aromatic heterocycles. The summed E-state index contributed by atoms with van der Waals surface area (Å²) in [6.07, 6.45) is 12.3. The highest BCUT2D eigenvalue weighted by atomic mass is 19.4. The van der Waals surface area contributed by atoms with Crippen molar-refractivity contribution in [3.8, 4) is 6.07 Å². The molecule has 1 aromatic carbocycles. The lowest BCUT2D eigenvalue weighted by Gasteiger charge is -2.26. The second-order valence-corrected chi connectivity index (χ2v) is 7.09. The van der Waals surface area contributed by atoms with E-state index in [0.717, 1.165) is 30.7 Å². The van der Waals surface area contributed by atoms with Crippen LogP contribution in [0.15, 0.2) is 48.6 Å². The van der Waals surface area contributed by atoms with Gasteiger partial charge in [0.1, 0.15) is 0 Å². The molecule has 0 unspecified atom stereocenters. The molecule has 1 fully saturated rings. The monoisotopic (exact) mass is 361 g/mol. The van der Waals surface area contributed by atoms with Crippen LogP contribution in [-0.2, 0) is 12.6 Å². The lowest BCUT2D eigenvalue weighted by atomic mass is 9.79. The van der Waals surface area contributed by atoms with E-state index < -0.39 is 11.7 Å². The first kappa shape index (κ1) is 20.3. The first-order valence-corrected chi connectivity index (χ1v) is 9.38. The molecule has 1 saturated carbocycles. The number of hydrogen-bond acceptors (Lipinski definition) is 1. The van der Waals surface area contributed by atoms with Crippen molar-refractivity contribution >= 4 is 0 Å². The Bertz CT molecular complexity index is 627. The fourth-order valence-electron chi connectivity index (χ4n) is 3.61. The zero-order valence-corrected chi connectivity index (χ0v) is 15.0. The van der Waals surface area contributed by atoms with Gasteiger partial charge < -0.3 is 0 Å². The number of unbranched alkanes of at least 4 members (excludes halogenated alkanes) is 1. The minimum Gasteiger partial charge on any atom is -0.193 e. The number of benzene rings is 1. The standard InChI is InChI=1S/C22H26F3N/c23-22(24,25)21-15-13-20(14-16-21)8-4-3-7-19-11-9-18(10-12-19)6-2-1-5-17-26/h1-2,5-6,13-16,18-19H,3-4,7-12H2/b5-1+,6-2+. The summed E-state index contributed by atoms with van der Waals surface area (Å²) < 4.78 is 37.6. The summed E-state index contributed by atoms with van der Waals surface area (Å²) >= 11 is 0. The minimum absolute atomic E-state index is 0.574. The van der Waals surface area contributed by atoms with Gasteiger partial charge in [-0.15, -0.1) is 0 Å². The summed E-state index contributed by atoms with van der Waals surface area (Å²) in [5.41, 5.74) is 0.410. The number of nitriles is 1. The van der Waals surface area contributed by atoms with Gasteiger partial charge in [0.05, 0.1) is 11.6 Å². The average molecular weight is 361 g/mol. The molecule has 1 nitrogen and oxygen atoms in total. The van der Waals surface area contributed by atoms with E-state index in [0.29, 0.717) is 5.92 Å². The largest absolute Gasteiger partial charge is 0.416 e. The van der Waals surface area contributed by atoms with E-state index in [4.69, 9.17) is 5.26 Å². The first-order valence-electron chi connectivity index (χ1n) is 9.38. The second-order valence-electron chi connectivity index (χ2n) is 7.09. The van der Waals surface area contributed by atoms with Gasteiger partial charge in [-0.3, -0.25) is 0 Å². The molecule has 0 saturated heterocycles. The van der Waals surface area contributed by atoms with Gasteiger partial charge in [-0.25, -0.2) is 0 Å². The maximum absolute atomic E-state index is 12.5. The molecule has 0 bridgehead atoms. The molecule has 1 aliphatic carbocycles. The van der Waals surface area contributed by atoms with Crippen LogP contribution in [0, 0.1) is 23.2 Å². The van der Waals surface area contributed by atoms with Gasteiger partial charge in [0.2, 0.25) is 0 Å². The highest BCUT2D eigenvalue weighted by Gasteiger charge is 2.29. The van der Waals surface area contributed by atoms with Crippen molar-refractivity contribution in [2.75, 3.05) is 0 Å². The van der Waals surface area contributed by atoms with E-state index >= 15 is 0 Å². The maximum atomic E-state index is 12.5. The van der Waals surface area contributed by atoms with Crippen LogP contribution in [0.2, 0.25) is 0 Å². The molecule has 0 amide bonds. The third-order valence-corrected chi connectivity index (χ3v) is 5.17. The third kappa shape index (κ3) is 7.07. The van der Waals surface area contributed by atoms with E-state index in [1.54, 1.807) is 18.2 Å².